The zero-order valence-corrected chi connectivity index (χ0v) is 9.05. The number of ether oxygens (including phenoxy) is 1. The molecule has 1 atom stereocenters. The van der Waals surface area contributed by atoms with Crippen LogP contribution >= 0.6 is 0 Å². The number of hydrogen-bond acceptors (Lipinski definition) is 5. The number of carbonyl (C=O) groups excluding carboxylic acids is 1. The molecule has 2 heterocycles. The van der Waals surface area contributed by atoms with Gasteiger partial charge in [0.1, 0.15) is 5.76 Å². The van der Waals surface area contributed by atoms with Crippen LogP contribution in [0.1, 0.15) is 16.2 Å². The van der Waals surface area contributed by atoms with Crippen molar-refractivity contribution >= 4 is 5.91 Å². The first-order valence-corrected chi connectivity index (χ1v) is 5.15. The summed E-state index contributed by atoms with van der Waals surface area (Å²) < 4.78 is 10.1. The minimum Gasteiger partial charge on any atom is -0.394 e. The van der Waals surface area contributed by atoms with Crippen molar-refractivity contribution in [3.8, 4) is 0 Å². The Morgan fingerprint density at radius 1 is 1.75 bits per heavy atom. The highest BCUT2D eigenvalue weighted by Crippen LogP contribution is 2.10. The van der Waals surface area contributed by atoms with Crippen molar-refractivity contribution in [2.45, 2.75) is 13.0 Å². The summed E-state index contributed by atoms with van der Waals surface area (Å²) in [5.41, 5.74) is 0.302. The molecule has 1 saturated heterocycles. The Morgan fingerprint density at radius 2 is 2.56 bits per heavy atom. The molecule has 1 aromatic rings. The van der Waals surface area contributed by atoms with E-state index in [1.165, 1.54) is 0 Å². The van der Waals surface area contributed by atoms with Gasteiger partial charge in [0, 0.05) is 19.2 Å². The fourth-order valence-corrected chi connectivity index (χ4v) is 1.64. The number of aryl methyl sites for hydroxylation is 1. The van der Waals surface area contributed by atoms with E-state index in [0.717, 1.165) is 0 Å². The molecule has 0 saturated carbocycles. The molecule has 6 heteroatoms. The molecular weight excluding hydrogens is 212 g/mol. The third-order valence-electron chi connectivity index (χ3n) is 2.48. The van der Waals surface area contributed by atoms with E-state index in [1.54, 1.807) is 17.9 Å². The standard InChI is InChI=1S/C10H14N2O4/c1-7-4-9(11-16-7)10(14)12-2-3-15-8(5-12)6-13/h4,8,13H,2-3,5-6H2,1H3. The van der Waals surface area contributed by atoms with Gasteiger partial charge in [0.05, 0.1) is 19.3 Å². The molecule has 1 aromatic heterocycles. The van der Waals surface area contributed by atoms with E-state index < -0.39 is 0 Å². The van der Waals surface area contributed by atoms with Gasteiger partial charge in [0.25, 0.3) is 5.91 Å². The summed E-state index contributed by atoms with van der Waals surface area (Å²) in [5.74, 6) is 0.425. The van der Waals surface area contributed by atoms with E-state index in [-0.39, 0.29) is 18.6 Å². The van der Waals surface area contributed by atoms with Gasteiger partial charge in [0.2, 0.25) is 0 Å². The molecule has 0 radical (unpaired) electrons. The van der Waals surface area contributed by atoms with Crippen molar-refractivity contribution in [2.24, 2.45) is 0 Å². The number of aliphatic hydroxyl groups excluding tert-OH is 1. The summed E-state index contributed by atoms with van der Waals surface area (Å²) >= 11 is 0. The molecule has 6 nitrogen and oxygen atoms in total. The smallest absolute Gasteiger partial charge is 0.276 e. The fourth-order valence-electron chi connectivity index (χ4n) is 1.64. The average Bonchev–Trinajstić information content (AvgIpc) is 2.75. The van der Waals surface area contributed by atoms with E-state index in [9.17, 15) is 4.79 Å². The number of aliphatic hydroxyl groups is 1. The molecule has 1 aliphatic rings. The van der Waals surface area contributed by atoms with Crippen LogP contribution in [0.15, 0.2) is 10.6 Å². The first-order chi connectivity index (χ1) is 7.70. The Hall–Kier alpha value is -1.40. The van der Waals surface area contributed by atoms with Gasteiger partial charge in [-0.05, 0) is 6.92 Å². The molecule has 1 amide bonds. The molecule has 2 rings (SSSR count). The van der Waals surface area contributed by atoms with E-state index in [0.29, 0.717) is 31.2 Å². The molecule has 88 valence electrons. The first kappa shape index (κ1) is 11.1. The third-order valence-corrected chi connectivity index (χ3v) is 2.48. The van der Waals surface area contributed by atoms with Gasteiger partial charge in [-0.3, -0.25) is 4.79 Å². The molecule has 16 heavy (non-hydrogen) atoms. The Kier molecular flexibility index (Phi) is 3.21. The van der Waals surface area contributed by atoms with Crippen LogP contribution in [0.5, 0.6) is 0 Å². The number of carbonyl (C=O) groups is 1. The SMILES string of the molecule is Cc1cc(C(=O)N2CCOC(CO)C2)no1. The topological polar surface area (TPSA) is 75.8 Å². The van der Waals surface area contributed by atoms with Gasteiger partial charge in [-0.25, -0.2) is 0 Å². The Morgan fingerprint density at radius 3 is 3.19 bits per heavy atom. The molecule has 0 aromatic carbocycles. The van der Waals surface area contributed by atoms with Crippen LogP contribution < -0.4 is 0 Å². The second-order valence-corrected chi connectivity index (χ2v) is 3.75. The second-order valence-electron chi connectivity index (χ2n) is 3.75. The van der Waals surface area contributed by atoms with Crippen LogP contribution in [0.4, 0.5) is 0 Å². The minimum absolute atomic E-state index is 0.0817. The number of nitrogens with zero attached hydrogens (tertiary/aromatic N) is 2. The van der Waals surface area contributed by atoms with Crippen LogP contribution in [0, 0.1) is 6.92 Å². The Balaban J connectivity index is 2.04. The molecule has 1 unspecified atom stereocenters. The highest BCUT2D eigenvalue weighted by Gasteiger charge is 2.26. The summed E-state index contributed by atoms with van der Waals surface area (Å²) in [6.07, 6.45) is -0.300. The number of hydrogen-bond donors (Lipinski definition) is 1. The van der Waals surface area contributed by atoms with E-state index in [2.05, 4.69) is 5.16 Å². The van der Waals surface area contributed by atoms with Gasteiger partial charge < -0.3 is 19.3 Å². The van der Waals surface area contributed by atoms with Gasteiger partial charge >= 0.3 is 0 Å². The molecule has 1 fully saturated rings. The summed E-state index contributed by atoms with van der Waals surface area (Å²) in [4.78, 5) is 13.6. The van der Waals surface area contributed by atoms with E-state index in [1.807, 2.05) is 0 Å². The summed E-state index contributed by atoms with van der Waals surface area (Å²) in [7, 11) is 0. The molecule has 0 aliphatic carbocycles. The largest absolute Gasteiger partial charge is 0.394 e. The molecular formula is C10H14N2O4. The quantitative estimate of drug-likeness (QED) is 0.756. The lowest BCUT2D eigenvalue weighted by Crippen LogP contribution is -2.47. The molecule has 0 bridgehead atoms. The Labute approximate surface area is 92.8 Å². The van der Waals surface area contributed by atoms with Gasteiger partial charge in [0.15, 0.2) is 5.69 Å². The zero-order chi connectivity index (χ0) is 11.5. The van der Waals surface area contributed by atoms with Gasteiger partial charge in [-0.15, -0.1) is 0 Å². The van der Waals surface area contributed by atoms with Crippen LogP contribution in [-0.2, 0) is 4.74 Å². The van der Waals surface area contributed by atoms with E-state index >= 15 is 0 Å². The van der Waals surface area contributed by atoms with Crippen molar-refractivity contribution < 1.29 is 19.2 Å². The highest BCUT2D eigenvalue weighted by molar-refractivity contribution is 5.92. The van der Waals surface area contributed by atoms with Gasteiger partial charge in [-0.1, -0.05) is 5.16 Å². The second kappa shape index (κ2) is 4.63. The zero-order valence-electron chi connectivity index (χ0n) is 9.05. The van der Waals surface area contributed by atoms with Crippen LogP contribution in [-0.4, -0.2) is 53.5 Å². The maximum absolute atomic E-state index is 11.9. The van der Waals surface area contributed by atoms with E-state index in [4.69, 9.17) is 14.4 Å². The van der Waals surface area contributed by atoms with Crippen molar-refractivity contribution in [2.75, 3.05) is 26.3 Å². The molecule has 1 N–H and O–H groups in total. The first-order valence-electron chi connectivity index (χ1n) is 5.15. The lowest BCUT2D eigenvalue weighted by atomic mass is 10.2. The maximum atomic E-state index is 11.9. The predicted octanol–water partition coefficient (Wildman–Crippen LogP) is -0.184. The Bertz CT molecular complexity index is 377. The number of aromatic nitrogens is 1. The lowest BCUT2D eigenvalue weighted by Gasteiger charge is -2.31. The number of rotatable bonds is 2. The minimum atomic E-state index is -0.300. The van der Waals surface area contributed by atoms with Crippen LogP contribution in [0.25, 0.3) is 0 Å². The average molecular weight is 226 g/mol. The molecule has 1 aliphatic heterocycles. The summed E-state index contributed by atoms with van der Waals surface area (Å²) in [6.45, 7) is 3.00. The van der Waals surface area contributed by atoms with Crippen molar-refractivity contribution in [3.63, 3.8) is 0 Å². The molecule has 0 spiro atoms. The summed E-state index contributed by atoms with van der Waals surface area (Å²) in [5, 5.41) is 12.6. The predicted molar refractivity (Wildman–Crippen MR) is 54.0 cm³/mol. The number of amides is 1. The fraction of sp³-hybridized carbons (Fsp3) is 0.600. The third kappa shape index (κ3) is 2.23. The van der Waals surface area contributed by atoms with Crippen molar-refractivity contribution in [1.82, 2.24) is 10.1 Å². The van der Waals surface area contributed by atoms with Gasteiger partial charge in [-0.2, -0.15) is 0 Å². The van der Waals surface area contributed by atoms with Crippen LogP contribution in [0.3, 0.4) is 0 Å². The van der Waals surface area contributed by atoms with Crippen molar-refractivity contribution in [1.29, 1.82) is 0 Å². The summed E-state index contributed by atoms with van der Waals surface area (Å²) in [6, 6.07) is 1.60. The highest BCUT2D eigenvalue weighted by atomic mass is 16.5. The normalized spacial score (nSPS) is 21.1. The maximum Gasteiger partial charge on any atom is 0.276 e. The van der Waals surface area contributed by atoms with Crippen LogP contribution in [0.2, 0.25) is 0 Å². The monoisotopic (exact) mass is 226 g/mol. The lowest BCUT2D eigenvalue weighted by molar-refractivity contribution is -0.0449. The van der Waals surface area contributed by atoms with Crippen molar-refractivity contribution in [3.05, 3.63) is 17.5 Å². The number of morpholine rings is 1.